The van der Waals surface area contributed by atoms with Crippen molar-refractivity contribution in [2.45, 2.75) is 45.7 Å². The monoisotopic (exact) mass is 402 g/mol. The van der Waals surface area contributed by atoms with Crippen LogP contribution in [0, 0.1) is 6.92 Å². The van der Waals surface area contributed by atoms with Gasteiger partial charge in [-0.1, -0.05) is 36.8 Å². The predicted molar refractivity (Wildman–Crippen MR) is 120 cm³/mol. The van der Waals surface area contributed by atoms with Gasteiger partial charge in [-0.15, -0.1) is 0 Å². The normalized spacial score (nSPS) is 15.7. The Kier molecular flexibility index (Phi) is 6.29. The Morgan fingerprint density at radius 1 is 1.03 bits per heavy atom. The van der Waals surface area contributed by atoms with Crippen molar-refractivity contribution in [3.8, 4) is 5.69 Å². The lowest BCUT2D eigenvalue weighted by Gasteiger charge is -2.26. The van der Waals surface area contributed by atoms with Crippen molar-refractivity contribution in [3.63, 3.8) is 0 Å². The lowest BCUT2D eigenvalue weighted by atomic mass is 10.1. The summed E-state index contributed by atoms with van der Waals surface area (Å²) in [6.07, 6.45) is 5.77. The van der Waals surface area contributed by atoms with E-state index >= 15 is 0 Å². The number of hydrogen-bond donors (Lipinski definition) is 1. The fraction of sp³-hybridized carbons (Fsp3) is 0.360. The summed E-state index contributed by atoms with van der Waals surface area (Å²) in [6.45, 7) is 7.36. The quantitative estimate of drug-likeness (QED) is 0.652. The third-order valence-electron chi connectivity index (χ3n) is 5.93. The molecule has 1 aliphatic heterocycles. The van der Waals surface area contributed by atoms with Crippen LogP contribution in [-0.4, -0.2) is 33.7 Å². The molecule has 0 saturated carbocycles. The van der Waals surface area contributed by atoms with Gasteiger partial charge in [0.05, 0.1) is 17.9 Å². The Labute approximate surface area is 178 Å². The molecule has 1 amide bonds. The van der Waals surface area contributed by atoms with Crippen LogP contribution in [0.2, 0.25) is 0 Å². The second-order valence-electron chi connectivity index (χ2n) is 8.16. The molecule has 5 nitrogen and oxygen atoms in total. The van der Waals surface area contributed by atoms with E-state index < -0.39 is 0 Å². The molecule has 5 heteroatoms. The highest BCUT2D eigenvalue weighted by Gasteiger charge is 2.17. The minimum absolute atomic E-state index is 0.0566. The summed E-state index contributed by atoms with van der Waals surface area (Å²) >= 11 is 0. The summed E-state index contributed by atoms with van der Waals surface area (Å²) in [4.78, 5) is 15.3. The predicted octanol–water partition coefficient (Wildman–Crippen LogP) is 4.66. The van der Waals surface area contributed by atoms with Crippen molar-refractivity contribution in [2.24, 2.45) is 0 Å². The van der Waals surface area contributed by atoms with Crippen molar-refractivity contribution in [2.75, 3.05) is 13.1 Å². The molecule has 0 radical (unpaired) electrons. The maximum atomic E-state index is 12.8. The number of carbonyl (C=O) groups excluding carboxylic acids is 1. The topological polar surface area (TPSA) is 50.2 Å². The first-order valence-corrected chi connectivity index (χ1v) is 10.8. The van der Waals surface area contributed by atoms with Crippen LogP contribution < -0.4 is 5.32 Å². The van der Waals surface area contributed by atoms with E-state index in [1.165, 1.54) is 37.9 Å². The van der Waals surface area contributed by atoms with E-state index in [4.69, 9.17) is 0 Å². The number of carbonyl (C=O) groups is 1. The highest BCUT2D eigenvalue weighted by Crippen LogP contribution is 2.21. The lowest BCUT2D eigenvalue weighted by Crippen LogP contribution is -2.29. The lowest BCUT2D eigenvalue weighted by molar-refractivity contribution is 0.0940. The van der Waals surface area contributed by atoms with Crippen molar-refractivity contribution < 1.29 is 4.79 Å². The molecule has 3 aromatic rings. The molecule has 1 N–H and O–H groups in total. The fourth-order valence-corrected chi connectivity index (χ4v) is 4.17. The van der Waals surface area contributed by atoms with Crippen LogP contribution in [0.3, 0.4) is 0 Å². The first-order chi connectivity index (χ1) is 14.6. The zero-order valence-electron chi connectivity index (χ0n) is 17.8. The molecular weight excluding hydrogens is 372 g/mol. The van der Waals surface area contributed by atoms with Gasteiger partial charge >= 0.3 is 0 Å². The van der Waals surface area contributed by atoms with Crippen molar-refractivity contribution in [1.82, 2.24) is 20.0 Å². The number of rotatable bonds is 6. The fourth-order valence-electron chi connectivity index (χ4n) is 4.17. The first-order valence-electron chi connectivity index (χ1n) is 10.8. The number of piperidine rings is 1. The number of amides is 1. The standard InChI is InChI=1S/C25H30N4O/c1-19(24-17-26-29(20(24)2)23-9-5-3-6-10-23)27-25(30)22-13-11-21(12-14-22)18-28-15-7-4-8-16-28/h3,5-6,9-14,17,19H,4,7-8,15-16,18H2,1-2H3,(H,27,30). The first kappa shape index (κ1) is 20.4. The molecule has 1 saturated heterocycles. The summed E-state index contributed by atoms with van der Waals surface area (Å²) in [6, 6.07) is 17.9. The van der Waals surface area contributed by atoms with Crippen LogP contribution in [0.15, 0.2) is 60.8 Å². The molecule has 1 fully saturated rings. The Bertz CT molecular complexity index is 972. The highest BCUT2D eigenvalue weighted by molar-refractivity contribution is 5.94. The summed E-state index contributed by atoms with van der Waals surface area (Å²) in [5.74, 6) is -0.0566. The zero-order valence-corrected chi connectivity index (χ0v) is 17.8. The van der Waals surface area contributed by atoms with Gasteiger partial charge in [0.2, 0.25) is 0 Å². The number of hydrogen-bond acceptors (Lipinski definition) is 3. The van der Waals surface area contributed by atoms with E-state index in [0.717, 1.165) is 23.5 Å². The molecule has 1 aliphatic rings. The number of para-hydroxylation sites is 1. The van der Waals surface area contributed by atoms with Crippen LogP contribution in [0.25, 0.3) is 5.69 Å². The van der Waals surface area contributed by atoms with Gasteiger partial charge in [0.25, 0.3) is 5.91 Å². The minimum atomic E-state index is -0.122. The molecule has 2 aromatic carbocycles. The molecule has 1 unspecified atom stereocenters. The summed E-state index contributed by atoms with van der Waals surface area (Å²) < 4.78 is 1.91. The average Bonchev–Trinajstić information content (AvgIpc) is 3.17. The smallest absolute Gasteiger partial charge is 0.251 e. The van der Waals surface area contributed by atoms with Gasteiger partial charge in [-0.3, -0.25) is 9.69 Å². The van der Waals surface area contributed by atoms with E-state index in [2.05, 4.69) is 27.4 Å². The second kappa shape index (κ2) is 9.26. The highest BCUT2D eigenvalue weighted by atomic mass is 16.1. The van der Waals surface area contributed by atoms with Crippen LogP contribution >= 0.6 is 0 Å². The summed E-state index contributed by atoms with van der Waals surface area (Å²) in [5.41, 5.74) is 5.03. The van der Waals surface area contributed by atoms with E-state index in [1.807, 2.05) is 67.2 Å². The number of nitrogens with one attached hydrogen (secondary N) is 1. The van der Waals surface area contributed by atoms with Gasteiger partial charge in [-0.25, -0.2) is 4.68 Å². The van der Waals surface area contributed by atoms with E-state index in [0.29, 0.717) is 5.56 Å². The number of likely N-dealkylation sites (tertiary alicyclic amines) is 1. The van der Waals surface area contributed by atoms with Gasteiger partial charge < -0.3 is 5.32 Å². The maximum Gasteiger partial charge on any atom is 0.251 e. The summed E-state index contributed by atoms with van der Waals surface area (Å²) in [5, 5.41) is 7.63. The molecule has 2 heterocycles. The molecule has 1 atom stereocenters. The molecule has 30 heavy (non-hydrogen) atoms. The van der Waals surface area contributed by atoms with Crippen LogP contribution in [-0.2, 0) is 6.54 Å². The molecule has 0 bridgehead atoms. The van der Waals surface area contributed by atoms with Crippen molar-refractivity contribution in [3.05, 3.63) is 83.2 Å². The Balaban J connectivity index is 1.39. The average molecular weight is 403 g/mol. The molecule has 0 spiro atoms. The third-order valence-corrected chi connectivity index (χ3v) is 5.93. The maximum absolute atomic E-state index is 12.8. The van der Waals surface area contributed by atoms with Gasteiger partial charge in [0.15, 0.2) is 0 Å². The SMILES string of the molecule is Cc1c(C(C)NC(=O)c2ccc(CN3CCCCC3)cc2)cnn1-c1ccccc1. The second-order valence-corrected chi connectivity index (χ2v) is 8.16. The molecular formula is C25H30N4O. The molecule has 0 aliphatic carbocycles. The zero-order chi connectivity index (χ0) is 20.9. The van der Waals surface area contributed by atoms with Crippen LogP contribution in [0.4, 0.5) is 0 Å². The summed E-state index contributed by atoms with van der Waals surface area (Å²) in [7, 11) is 0. The van der Waals surface area contributed by atoms with Crippen LogP contribution in [0.1, 0.15) is 59.4 Å². The number of benzene rings is 2. The van der Waals surface area contributed by atoms with Gasteiger partial charge in [0, 0.05) is 23.4 Å². The van der Waals surface area contributed by atoms with E-state index in [9.17, 15) is 4.79 Å². The molecule has 1 aromatic heterocycles. The van der Waals surface area contributed by atoms with E-state index in [-0.39, 0.29) is 11.9 Å². The Morgan fingerprint density at radius 2 is 1.73 bits per heavy atom. The van der Waals surface area contributed by atoms with Crippen LogP contribution in [0.5, 0.6) is 0 Å². The van der Waals surface area contributed by atoms with Crippen molar-refractivity contribution >= 4 is 5.91 Å². The minimum Gasteiger partial charge on any atom is -0.345 e. The molecule has 4 rings (SSSR count). The number of nitrogens with zero attached hydrogens (tertiary/aromatic N) is 3. The van der Waals surface area contributed by atoms with Gasteiger partial charge in [-0.2, -0.15) is 5.10 Å². The van der Waals surface area contributed by atoms with Gasteiger partial charge in [0.1, 0.15) is 0 Å². The number of aromatic nitrogens is 2. The van der Waals surface area contributed by atoms with E-state index in [1.54, 1.807) is 0 Å². The third kappa shape index (κ3) is 4.62. The van der Waals surface area contributed by atoms with Gasteiger partial charge in [-0.05, 0) is 69.6 Å². The van der Waals surface area contributed by atoms with Crippen molar-refractivity contribution in [1.29, 1.82) is 0 Å². The Morgan fingerprint density at radius 3 is 2.43 bits per heavy atom. The molecule has 156 valence electrons. The largest absolute Gasteiger partial charge is 0.345 e. The Hall–Kier alpha value is -2.92.